The molecule has 1 aliphatic heterocycles. The van der Waals surface area contributed by atoms with Crippen LogP contribution in [-0.4, -0.2) is 45.3 Å². The average Bonchev–Trinajstić information content (AvgIpc) is 3.27. The number of aromatic nitrogens is 3. The van der Waals surface area contributed by atoms with Crippen molar-refractivity contribution >= 4 is 35.1 Å². The summed E-state index contributed by atoms with van der Waals surface area (Å²) >= 11 is 0. The first-order valence-corrected chi connectivity index (χ1v) is 10.2. The summed E-state index contributed by atoms with van der Waals surface area (Å²) in [5.41, 5.74) is -0.866. The van der Waals surface area contributed by atoms with E-state index in [1.165, 1.54) is 6.20 Å². The molecule has 0 atom stereocenters. The predicted octanol–water partition coefficient (Wildman–Crippen LogP) is 3.57. The van der Waals surface area contributed by atoms with Gasteiger partial charge in [-0.15, -0.1) is 5.10 Å². The Labute approximate surface area is 190 Å². The van der Waals surface area contributed by atoms with E-state index in [9.17, 15) is 27.9 Å². The highest BCUT2D eigenvalue weighted by Crippen LogP contribution is 2.32. The molecular weight excluding hydrogens is 457 g/mol. The number of hydrogen-bond acceptors (Lipinski definition) is 8. The van der Waals surface area contributed by atoms with Crippen molar-refractivity contribution < 1.29 is 32.3 Å². The Hall–Kier alpha value is -4.16. The van der Waals surface area contributed by atoms with E-state index in [1.807, 2.05) is 4.90 Å². The van der Waals surface area contributed by atoms with E-state index in [0.29, 0.717) is 49.6 Å². The maximum Gasteiger partial charge on any atom is 0.320 e. The largest absolute Gasteiger partial charge is 0.481 e. The van der Waals surface area contributed by atoms with Gasteiger partial charge in [0.15, 0.2) is 11.6 Å². The van der Waals surface area contributed by atoms with E-state index < -0.39 is 52.3 Å². The second-order valence-corrected chi connectivity index (χ2v) is 8.00. The van der Waals surface area contributed by atoms with Gasteiger partial charge in [-0.1, -0.05) is 5.10 Å². The standard InChI is InChI=1S/C21H19F3N6O4/c1-21(19(32)33)4-6-30(7-5-21)16-3-2-11(10-25-16)26-17(31)18-28-29-20(34-18)27-15-9-13(23)12(22)8-14(15)24/h2-3,8-10H,4-7H2,1H3,(H,26,31)(H,27,29)(H,32,33). The Bertz CT molecular complexity index is 1230. The van der Waals surface area contributed by atoms with Crippen LogP contribution in [0.3, 0.4) is 0 Å². The number of nitrogens with zero attached hydrogens (tertiary/aromatic N) is 4. The molecule has 3 heterocycles. The van der Waals surface area contributed by atoms with Crippen LogP contribution in [0.25, 0.3) is 0 Å². The molecule has 13 heteroatoms. The summed E-state index contributed by atoms with van der Waals surface area (Å²) in [6.45, 7) is 2.81. The van der Waals surface area contributed by atoms with E-state index in [4.69, 9.17) is 4.42 Å². The molecule has 3 aromatic rings. The molecule has 1 saturated heterocycles. The van der Waals surface area contributed by atoms with Crippen molar-refractivity contribution in [2.24, 2.45) is 5.41 Å². The Morgan fingerprint density at radius 1 is 1.09 bits per heavy atom. The third-order valence-corrected chi connectivity index (χ3v) is 5.58. The van der Waals surface area contributed by atoms with Crippen molar-refractivity contribution in [3.63, 3.8) is 0 Å². The number of amides is 1. The van der Waals surface area contributed by atoms with Gasteiger partial charge < -0.3 is 25.1 Å². The average molecular weight is 476 g/mol. The van der Waals surface area contributed by atoms with Crippen molar-refractivity contribution in [1.29, 1.82) is 0 Å². The highest BCUT2D eigenvalue weighted by atomic mass is 19.2. The lowest BCUT2D eigenvalue weighted by molar-refractivity contribution is -0.149. The molecule has 0 aliphatic carbocycles. The van der Waals surface area contributed by atoms with Crippen molar-refractivity contribution in [3.8, 4) is 0 Å². The molecule has 1 amide bonds. The molecule has 1 fully saturated rings. The number of pyridine rings is 1. The number of piperidine rings is 1. The van der Waals surface area contributed by atoms with Crippen LogP contribution in [0.4, 0.5) is 36.4 Å². The van der Waals surface area contributed by atoms with Gasteiger partial charge in [0.25, 0.3) is 0 Å². The van der Waals surface area contributed by atoms with Gasteiger partial charge in [-0.25, -0.2) is 18.2 Å². The van der Waals surface area contributed by atoms with E-state index >= 15 is 0 Å². The molecule has 1 aliphatic rings. The summed E-state index contributed by atoms with van der Waals surface area (Å²) in [6, 6.07) is 3.82. The summed E-state index contributed by atoms with van der Waals surface area (Å²) in [5.74, 6) is -5.12. The zero-order valence-corrected chi connectivity index (χ0v) is 17.8. The SMILES string of the molecule is CC1(C(=O)O)CCN(c2ccc(NC(=O)c3nnc(Nc4cc(F)c(F)cc4F)o3)cn2)CC1. The van der Waals surface area contributed by atoms with Crippen LogP contribution >= 0.6 is 0 Å². The van der Waals surface area contributed by atoms with Gasteiger partial charge >= 0.3 is 23.8 Å². The Morgan fingerprint density at radius 2 is 1.79 bits per heavy atom. The van der Waals surface area contributed by atoms with Crippen LogP contribution in [-0.2, 0) is 4.79 Å². The third kappa shape index (κ3) is 4.77. The lowest BCUT2D eigenvalue weighted by Gasteiger charge is -2.37. The molecule has 3 N–H and O–H groups in total. The first-order chi connectivity index (χ1) is 16.1. The fraction of sp³-hybridized carbons (Fsp3) is 0.286. The molecule has 34 heavy (non-hydrogen) atoms. The topological polar surface area (TPSA) is 133 Å². The minimum absolute atomic E-state index is 0.334. The summed E-state index contributed by atoms with van der Waals surface area (Å²) in [5, 5.41) is 21.2. The molecular formula is C21H19F3N6O4. The number of hydrogen-bond donors (Lipinski definition) is 3. The highest BCUT2D eigenvalue weighted by Gasteiger charge is 2.37. The predicted molar refractivity (Wildman–Crippen MR) is 113 cm³/mol. The van der Waals surface area contributed by atoms with E-state index in [1.54, 1.807) is 19.1 Å². The van der Waals surface area contributed by atoms with Gasteiger partial charge in [-0.2, -0.15) is 0 Å². The van der Waals surface area contributed by atoms with Crippen LogP contribution in [0.1, 0.15) is 30.5 Å². The molecule has 4 rings (SSSR count). The van der Waals surface area contributed by atoms with Gasteiger partial charge in [0.05, 0.1) is 23.0 Å². The van der Waals surface area contributed by atoms with Gasteiger partial charge in [0.2, 0.25) is 0 Å². The molecule has 178 valence electrons. The maximum absolute atomic E-state index is 13.7. The molecule has 0 spiro atoms. The van der Waals surface area contributed by atoms with Crippen molar-refractivity contribution in [2.75, 3.05) is 28.6 Å². The number of carbonyl (C=O) groups excluding carboxylic acids is 1. The Balaban J connectivity index is 1.36. The van der Waals surface area contributed by atoms with Crippen LogP contribution in [0, 0.1) is 22.9 Å². The minimum atomic E-state index is -1.35. The van der Waals surface area contributed by atoms with Gasteiger partial charge in [0, 0.05) is 25.2 Å². The number of anilines is 4. The fourth-order valence-corrected chi connectivity index (χ4v) is 3.37. The number of carboxylic acids is 1. The lowest BCUT2D eigenvalue weighted by Crippen LogP contribution is -2.43. The molecule has 0 radical (unpaired) electrons. The summed E-state index contributed by atoms with van der Waals surface area (Å²) in [7, 11) is 0. The fourth-order valence-electron chi connectivity index (χ4n) is 3.37. The zero-order chi connectivity index (χ0) is 24.5. The normalized spacial score (nSPS) is 15.1. The molecule has 1 aromatic carbocycles. The van der Waals surface area contributed by atoms with Gasteiger partial charge in [0.1, 0.15) is 11.6 Å². The second-order valence-electron chi connectivity index (χ2n) is 8.00. The van der Waals surface area contributed by atoms with E-state index in [0.717, 1.165) is 0 Å². The number of carbonyl (C=O) groups is 2. The number of carboxylic acid groups (broad SMARTS) is 1. The van der Waals surface area contributed by atoms with Crippen molar-refractivity contribution in [1.82, 2.24) is 15.2 Å². The van der Waals surface area contributed by atoms with Crippen molar-refractivity contribution in [2.45, 2.75) is 19.8 Å². The molecule has 0 bridgehead atoms. The highest BCUT2D eigenvalue weighted by molar-refractivity contribution is 6.00. The summed E-state index contributed by atoms with van der Waals surface area (Å²) in [6.07, 6.45) is 2.40. The molecule has 0 saturated carbocycles. The van der Waals surface area contributed by atoms with Gasteiger partial charge in [-0.05, 0) is 31.9 Å². The zero-order valence-electron chi connectivity index (χ0n) is 17.8. The summed E-state index contributed by atoms with van der Waals surface area (Å²) < 4.78 is 45.2. The molecule has 0 unspecified atom stereocenters. The number of benzene rings is 1. The number of aliphatic carboxylic acids is 1. The maximum atomic E-state index is 13.7. The van der Waals surface area contributed by atoms with Crippen LogP contribution in [0.5, 0.6) is 0 Å². The van der Waals surface area contributed by atoms with Crippen LogP contribution in [0.15, 0.2) is 34.9 Å². The van der Waals surface area contributed by atoms with Crippen molar-refractivity contribution in [3.05, 3.63) is 53.8 Å². The number of nitrogens with one attached hydrogen (secondary N) is 2. The quantitative estimate of drug-likeness (QED) is 0.457. The number of halogens is 3. The van der Waals surface area contributed by atoms with Gasteiger partial charge in [-0.3, -0.25) is 9.59 Å². The lowest BCUT2D eigenvalue weighted by atomic mass is 9.80. The first kappa shape index (κ1) is 23.0. The minimum Gasteiger partial charge on any atom is -0.481 e. The third-order valence-electron chi connectivity index (χ3n) is 5.58. The van der Waals surface area contributed by atoms with Crippen LogP contribution < -0.4 is 15.5 Å². The Morgan fingerprint density at radius 3 is 2.44 bits per heavy atom. The Kier molecular flexibility index (Phi) is 6.09. The monoisotopic (exact) mass is 476 g/mol. The molecule has 10 nitrogen and oxygen atoms in total. The van der Waals surface area contributed by atoms with E-state index in [2.05, 4.69) is 25.8 Å². The van der Waals surface area contributed by atoms with E-state index in [-0.39, 0.29) is 0 Å². The molecule has 2 aromatic heterocycles. The smallest absolute Gasteiger partial charge is 0.320 e. The number of rotatable bonds is 6. The second kappa shape index (κ2) is 9.00. The summed E-state index contributed by atoms with van der Waals surface area (Å²) in [4.78, 5) is 30.0. The first-order valence-electron chi connectivity index (χ1n) is 10.2. The van der Waals surface area contributed by atoms with Crippen LogP contribution in [0.2, 0.25) is 0 Å².